The molecular weight excluding hydrogens is 280 g/mol. The fourth-order valence-electron chi connectivity index (χ4n) is 2.35. The Balaban J connectivity index is 1.90. The molecular formula is C15H19ClO2S. The second kappa shape index (κ2) is 7.20. The van der Waals surface area contributed by atoms with Crippen LogP contribution in [0.25, 0.3) is 0 Å². The second-order valence-electron chi connectivity index (χ2n) is 4.84. The molecule has 0 unspecified atom stereocenters. The van der Waals surface area contributed by atoms with Gasteiger partial charge in [-0.25, -0.2) is 0 Å². The molecule has 0 saturated heterocycles. The zero-order valence-electron chi connectivity index (χ0n) is 11.2. The van der Waals surface area contributed by atoms with E-state index in [0.29, 0.717) is 27.3 Å². The average Bonchev–Trinajstić information content (AvgIpc) is 2.45. The van der Waals surface area contributed by atoms with Crippen LogP contribution in [0.15, 0.2) is 18.2 Å². The van der Waals surface area contributed by atoms with Gasteiger partial charge in [0.25, 0.3) is 0 Å². The summed E-state index contributed by atoms with van der Waals surface area (Å²) in [5.74, 6) is 1.31. The molecule has 104 valence electrons. The predicted molar refractivity (Wildman–Crippen MR) is 81.7 cm³/mol. The SMILES string of the molecule is COc1ccc(C(=O)CSC2CCCCC2)cc1Cl. The standard InChI is InChI=1S/C15H19ClO2S/c1-18-15-8-7-11(9-13(15)16)14(17)10-19-12-5-3-2-4-6-12/h7-9,12H,2-6,10H2,1H3. The van der Waals surface area contributed by atoms with Crippen LogP contribution in [0.2, 0.25) is 5.02 Å². The number of thioether (sulfide) groups is 1. The van der Waals surface area contributed by atoms with Gasteiger partial charge in [0.1, 0.15) is 5.75 Å². The van der Waals surface area contributed by atoms with E-state index in [4.69, 9.17) is 16.3 Å². The number of methoxy groups -OCH3 is 1. The summed E-state index contributed by atoms with van der Waals surface area (Å²) in [6.45, 7) is 0. The molecule has 0 spiro atoms. The van der Waals surface area contributed by atoms with Gasteiger partial charge in [0.05, 0.1) is 17.9 Å². The predicted octanol–water partition coefficient (Wildman–Crippen LogP) is 4.60. The van der Waals surface area contributed by atoms with Gasteiger partial charge in [0, 0.05) is 10.8 Å². The smallest absolute Gasteiger partial charge is 0.172 e. The summed E-state index contributed by atoms with van der Waals surface area (Å²) >= 11 is 7.83. The number of carbonyl (C=O) groups excluding carboxylic acids is 1. The minimum Gasteiger partial charge on any atom is -0.495 e. The Labute approximate surface area is 123 Å². The van der Waals surface area contributed by atoms with E-state index in [0.717, 1.165) is 0 Å². The van der Waals surface area contributed by atoms with Crippen molar-refractivity contribution in [2.45, 2.75) is 37.4 Å². The first-order chi connectivity index (χ1) is 9.20. The summed E-state index contributed by atoms with van der Waals surface area (Å²) in [5, 5.41) is 1.16. The summed E-state index contributed by atoms with van der Waals surface area (Å²) in [6.07, 6.45) is 6.46. The van der Waals surface area contributed by atoms with Crippen LogP contribution in [0, 0.1) is 0 Å². The topological polar surface area (TPSA) is 26.3 Å². The summed E-state index contributed by atoms with van der Waals surface area (Å²) in [4.78, 5) is 12.1. The molecule has 0 N–H and O–H groups in total. The van der Waals surface area contributed by atoms with Gasteiger partial charge in [0.15, 0.2) is 5.78 Å². The maximum atomic E-state index is 12.1. The Bertz CT molecular complexity index is 442. The van der Waals surface area contributed by atoms with Gasteiger partial charge in [-0.1, -0.05) is 30.9 Å². The van der Waals surface area contributed by atoms with E-state index in [2.05, 4.69) is 0 Å². The molecule has 0 aromatic heterocycles. The molecule has 0 aliphatic heterocycles. The Kier molecular flexibility index (Phi) is 5.59. The number of hydrogen-bond acceptors (Lipinski definition) is 3. The van der Waals surface area contributed by atoms with E-state index >= 15 is 0 Å². The van der Waals surface area contributed by atoms with Crippen molar-refractivity contribution in [2.75, 3.05) is 12.9 Å². The van der Waals surface area contributed by atoms with Crippen LogP contribution in [-0.2, 0) is 0 Å². The molecule has 0 atom stereocenters. The lowest BCUT2D eigenvalue weighted by Crippen LogP contribution is -2.12. The van der Waals surface area contributed by atoms with Crippen LogP contribution in [0.3, 0.4) is 0 Å². The first-order valence-electron chi connectivity index (χ1n) is 6.69. The number of halogens is 1. The summed E-state index contributed by atoms with van der Waals surface area (Å²) in [6, 6.07) is 5.24. The van der Waals surface area contributed by atoms with Crippen LogP contribution in [0.5, 0.6) is 5.75 Å². The zero-order chi connectivity index (χ0) is 13.7. The highest BCUT2D eigenvalue weighted by Crippen LogP contribution is 2.29. The highest BCUT2D eigenvalue weighted by molar-refractivity contribution is 8.00. The van der Waals surface area contributed by atoms with Gasteiger partial charge in [-0.05, 0) is 31.0 Å². The molecule has 1 aromatic rings. The number of carbonyl (C=O) groups is 1. The first kappa shape index (κ1) is 14.7. The third-order valence-corrected chi connectivity index (χ3v) is 5.14. The highest BCUT2D eigenvalue weighted by atomic mass is 35.5. The molecule has 2 rings (SSSR count). The molecule has 1 aromatic carbocycles. The number of Topliss-reactive ketones (excluding diaryl/α,β-unsaturated/α-hetero) is 1. The molecule has 4 heteroatoms. The molecule has 0 heterocycles. The lowest BCUT2D eigenvalue weighted by Gasteiger charge is -2.20. The summed E-state index contributed by atoms with van der Waals surface area (Å²) in [7, 11) is 1.57. The van der Waals surface area contributed by atoms with Gasteiger partial charge < -0.3 is 4.74 Å². The van der Waals surface area contributed by atoms with Crippen molar-refractivity contribution in [3.8, 4) is 5.75 Å². The van der Waals surface area contributed by atoms with E-state index in [1.165, 1.54) is 32.1 Å². The Morgan fingerprint density at radius 3 is 2.74 bits per heavy atom. The first-order valence-corrected chi connectivity index (χ1v) is 8.11. The monoisotopic (exact) mass is 298 g/mol. The van der Waals surface area contributed by atoms with E-state index in [-0.39, 0.29) is 5.78 Å². The molecule has 1 aliphatic carbocycles. The third-order valence-electron chi connectivity index (χ3n) is 3.48. The molecule has 1 fully saturated rings. The Morgan fingerprint density at radius 1 is 1.37 bits per heavy atom. The molecule has 2 nitrogen and oxygen atoms in total. The van der Waals surface area contributed by atoms with Gasteiger partial charge >= 0.3 is 0 Å². The van der Waals surface area contributed by atoms with Crippen LogP contribution in [0.4, 0.5) is 0 Å². The van der Waals surface area contributed by atoms with Gasteiger partial charge in [-0.15, -0.1) is 0 Å². The largest absolute Gasteiger partial charge is 0.495 e. The quantitative estimate of drug-likeness (QED) is 0.743. The maximum Gasteiger partial charge on any atom is 0.172 e. The number of ketones is 1. The molecule has 0 bridgehead atoms. The Morgan fingerprint density at radius 2 is 2.11 bits per heavy atom. The number of rotatable bonds is 5. The average molecular weight is 299 g/mol. The van der Waals surface area contributed by atoms with Crippen LogP contribution < -0.4 is 4.74 Å². The summed E-state index contributed by atoms with van der Waals surface area (Å²) < 4.78 is 5.09. The summed E-state index contributed by atoms with van der Waals surface area (Å²) in [5.41, 5.74) is 0.675. The van der Waals surface area contributed by atoms with Crippen molar-refractivity contribution in [3.05, 3.63) is 28.8 Å². The van der Waals surface area contributed by atoms with Crippen LogP contribution in [0.1, 0.15) is 42.5 Å². The molecule has 1 saturated carbocycles. The van der Waals surface area contributed by atoms with Crippen molar-refractivity contribution in [1.29, 1.82) is 0 Å². The lowest BCUT2D eigenvalue weighted by atomic mass is 10.0. The van der Waals surface area contributed by atoms with Gasteiger partial charge in [-0.2, -0.15) is 11.8 Å². The third kappa shape index (κ3) is 4.15. The number of ether oxygens (including phenoxy) is 1. The fraction of sp³-hybridized carbons (Fsp3) is 0.533. The van der Waals surface area contributed by atoms with E-state index in [9.17, 15) is 4.79 Å². The van der Waals surface area contributed by atoms with Gasteiger partial charge in [-0.3, -0.25) is 4.79 Å². The zero-order valence-corrected chi connectivity index (χ0v) is 12.7. The number of hydrogen-bond donors (Lipinski definition) is 0. The fourth-order valence-corrected chi connectivity index (χ4v) is 3.83. The van der Waals surface area contributed by atoms with Gasteiger partial charge in [0.2, 0.25) is 0 Å². The lowest BCUT2D eigenvalue weighted by molar-refractivity contribution is 0.102. The number of benzene rings is 1. The highest BCUT2D eigenvalue weighted by Gasteiger charge is 2.16. The van der Waals surface area contributed by atoms with Crippen molar-refractivity contribution < 1.29 is 9.53 Å². The second-order valence-corrected chi connectivity index (χ2v) is 6.54. The molecule has 1 aliphatic rings. The Hall–Kier alpha value is -0.670. The maximum absolute atomic E-state index is 12.1. The minimum atomic E-state index is 0.153. The van der Waals surface area contributed by atoms with Crippen molar-refractivity contribution in [3.63, 3.8) is 0 Å². The van der Waals surface area contributed by atoms with Crippen LogP contribution >= 0.6 is 23.4 Å². The van der Waals surface area contributed by atoms with E-state index in [1.807, 2.05) is 0 Å². The molecule has 19 heavy (non-hydrogen) atoms. The van der Waals surface area contributed by atoms with Crippen LogP contribution in [-0.4, -0.2) is 23.9 Å². The normalized spacial score (nSPS) is 16.3. The molecule has 0 radical (unpaired) electrons. The van der Waals surface area contributed by atoms with Crippen molar-refractivity contribution in [1.82, 2.24) is 0 Å². The van der Waals surface area contributed by atoms with E-state index in [1.54, 1.807) is 37.1 Å². The van der Waals surface area contributed by atoms with E-state index < -0.39 is 0 Å². The minimum absolute atomic E-state index is 0.153. The molecule has 0 amide bonds. The van der Waals surface area contributed by atoms with Crippen molar-refractivity contribution in [2.24, 2.45) is 0 Å². The van der Waals surface area contributed by atoms with Crippen molar-refractivity contribution >= 4 is 29.1 Å².